The van der Waals surface area contributed by atoms with E-state index in [1.807, 2.05) is 24.3 Å². The summed E-state index contributed by atoms with van der Waals surface area (Å²) in [6, 6.07) is 7.48. The number of H-pyrrole nitrogens is 1. The second-order valence-corrected chi connectivity index (χ2v) is 8.66. The second kappa shape index (κ2) is 6.52. The van der Waals surface area contributed by atoms with Gasteiger partial charge < -0.3 is 20.3 Å². The van der Waals surface area contributed by atoms with Crippen molar-refractivity contribution in [1.82, 2.24) is 24.7 Å². The number of hydrogen-bond acceptors (Lipinski definition) is 6. The average Bonchev–Trinajstić information content (AvgIpc) is 3.35. The normalized spacial score (nSPS) is 18.5. The van der Waals surface area contributed by atoms with E-state index < -0.39 is 11.4 Å². The molecule has 3 N–H and O–H groups in total. The molecule has 0 saturated carbocycles. The molecule has 0 radical (unpaired) electrons. The average molecular weight is 418 g/mol. The van der Waals surface area contributed by atoms with Crippen LogP contribution in [-0.2, 0) is 0 Å². The number of aromatic amines is 1. The van der Waals surface area contributed by atoms with E-state index in [1.165, 1.54) is 6.20 Å². The van der Waals surface area contributed by atoms with Gasteiger partial charge in [-0.25, -0.2) is 9.78 Å². The van der Waals surface area contributed by atoms with Crippen LogP contribution in [0.1, 0.15) is 29.6 Å². The van der Waals surface area contributed by atoms with Crippen molar-refractivity contribution in [2.45, 2.75) is 19.3 Å². The summed E-state index contributed by atoms with van der Waals surface area (Å²) < 4.78 is 1.73. The number of pyridine rings is 1. The van der Waals surface area contributed by atoms with Gasteiger partial charge in [0, 0.05) is 19.3 Å². The lowest BCUT2D eigenvalue weighted by Gasteiger charge is -2.33. The molecule has 0 unspecified atom stereocenters. The Kier molecular flexibility index (Phi) is 3.85. The standard InChI is InChI=1S/C22H22N6O3/c29-17-13-11-24-21(27-10-7-22(12-27)5-8-23-9-6-22)26-18(13)28-15-4-2-1-3-14(15)25-19(28)16(17)20(30)31/h1-4,11,23,25H,5-10,12H2,(H,30,31). The maximum atomic E-state index is 13.0. The third-order valence-electron chi connectivity index (χ3n) is 6.90. The largest absolute Gasteiger partial charge is 0.477 e. The van der Waals surface area contributed by atoms with Crippen LogP contribution in [0.3, 0.4) is 0 Å². The van der Waals surface area contributed by atoms with E-state index in [1.54, 1.807) is 4.40 Å². The minimum Gasteiger partial charge on any atom is -0.477 e. The lowest BCUT2D eigenvalue weighted by atomic mass is 9.78. The summed E-state index contributed by atoms with van der Waals surface area (Å²) in [6.07, 6.45) is 4.88. The highest BCUT2D eigenvalue weighted by atomic mass is 16.4. The first-order valence-corrected chi connectivity index (χ1v) is 10.6. The molecular weight excluding hydrogens is 396 g/mol. The van der Waals surface area contributed by atoms with Gasteiger partial charge in [-0.1, -0.05) is 12.1 Å². The van der Waals surface area contributed by atoms with Gasteiger partial charge in [-0.05, 0) is 49.9 Å². The summed E-state index contributed by atoms with van der Waals surface area (Å²) >= 11 is 0. The van der Waals surface area contributed by atoms with Gasteiger partial charge in [0.25, 0.3) is 0 Å². The molecule has 158 valence electrons. The van der Waals surface area contributed by atoms with Crippen LogP contribution < -0.4 is 15.6 Å². The van der Waals surface area contributed by atoms with Crippen LogP contribution in [0.4, 0.5) is 5.95 Å². The smallest absolute Gasteiger partial charge is 0.343 e. The molecule has 9 nitrogen and oxygen atoms in total. The number of imidazole rings is 1. The van der Waals surface area contributed by atoms with Gasteiger partial charge in [0.05, 0.1) is 16.4 Å². The molecule has 2 aliphatic heterocycles. The molecule has 0 bridgehead atoms. The van der Waals surface area contributed by atoms with Crippen molar-refractivity contribution in [3.63, 3.8) is 0 Å². The minimum absolute atomic E-state index is 0.208. The number of rotatable bonds is 2. The number of fused-ring (bicyclic) bond motifs is 5. The number of carbonyl (C=O) groups is 1. The molecular formula is C22H22N6O3. The number of nitrogens with one attached hydrogen (secondary N) is 2. The van der Waals surface area contributed by atoms with Crippen LogP contribution in [-0.4, -0.2) is 56.6 Å². The number of para-hydroxylation sites is 2. The number of hydrogen-bond donors (Lipinski definition) is 3. The maximum absolute atomic E-state index is 13.0. The van der Waals surface area contributed by atoms with Crippen molar-refractivity contribution in [3.8, 4) is 0 Å². The van der Waals surface area contributed by atoms with Crippen molar-refractivity contribution in [2.24, 2.45) is 5.41 Å². The van der Waals surface area contributed by atoms with Gasteiger partial charge in [0.2, 0.25) is 11.4 Å². The SMILES string of the molecule is O=C(O)c1c(=O)c2cnc(N3CCC4(CCNCC4)C3)nc2n2c1[nH]c1ccccc12. The summed E-state index contributed by atoms with van der Waals surface area (Å²) in [7, 11) is 0. The Morgan fingerprint density at radius 3 is 2.77 bits per heavy atom. The summed E-state index contributed by atoms with van der Waals surface area (Å²) in [6.45, 7) is 3.86. The highest BCUT2D eigenvalue weighted by Crippen LogP contribution is 2.39. The van der Waals surface area contributed by atoms with E-state index in [0.717, 1.165) is 56.5 Å². The Hall–Kier alpha value is -3.46. The molecule has 2 saturated heterocycles. The molecule has 3 aromatic heterocycles. The first kappa shape index (κ1) is 18.3. The number of benzene rings is 1. The maximum Gasteiger partial charge on any atom is 0.343 e. The molecule has 4 aromatic rings. The molecule has 9 heteroatoms. The molecule has 2 fully saturated rings. The summed E-state index contributed by atoms with van der Waals surface area (Å²) in [5.41, 5.74) is 1.61. The predicted octanol–water partition coefficient (Wildman–Crippen LogP) is 2.00. The van der Waals surface area contributed by atoms with E-state index in [4.69, 9.17) is 4.98 Å². The summed E-state index contributed by atoms with van der Waals surface area (Å²) in [5, 5.41) is 13.4. The number of carboxylic acids is 1. The summed E-state index contributed by atoms with van der Waals surface area (Å²) in [4.78, 5) is 39.5. The number of piperidine rings is 1. The lowest BCUT2D eigenvalue weighted by molar-refractivity contribution is 0.0697. The van der Waals surface area contributed by atoms with Crippen LogP contribution >= 0.6 is 0 Å². The third-order valence-corrected chi connectivity index (χ3v) is 6.90. The zero-order valence-corrected chi connectivity index (χ0v) is 16.9. The molecule has 5 heterocycles. The van der Waals surface area contributed by atoms with Gasteiger partial charge in [0.1, 0.15) is 11.2 Å². The van der Waals surface area contributed by atoms with Crippen LogP contribution in [0, 0.1) is 5.41 Å². The number of nitrogens with zero attached hydrogens (tertiary/aromatic N) is 4. The topological polar surface area (TPSA) is 116 Å². The Bertz CT molecular complexity index is 1420. The number of anilines is 1. The lowest BCUT2D eigenvalue weighted by Crippen LogP contribution is -2.38. The Balaban J connectivity index is 1.58. The fourth-order valence-corrected chi connectivity index (χ4v) is 5.23. The van der Waals surface area contributed by atoms with E-state index in [0.29, 0.717) is 17.0 Å². The van der Waals surface area contributed by atoms with E-state index in [9.17, 15) is 14.7 Å². The van der Waals surface area contributed by atoms with Crippen LogP contribution in [0.25, 0.3) is 27.7 Å². The zero-order chi connectivity index (χ0) is 21.2. The molecule has 1 aromatic carbocycles. The van der Waals surface area contributed by atoms with Crippen LogP contribution in [0.2, 0.25) is 0 Å². The molecule has 6 rings (SSSR count). The summed E-state index contributed by atoms with van der Waals surface area (Å²) in [5.74, 6) is -0.683. The van der Waals surface area contributed by atoms with Gasteiger partial charge in [-0.15, -0.1) is 0 Å². The molecule has 31 heavy (non-hydrogen) atoms. The molecule has 2 aliphatic rings. The zero-order valence-electron chi connectivity index (χ0n) is 16.9. The van der Waals surface area contributed by atoms with Crippen molar-refractivity contribution in [1.29, 1.82) is 0 Å². The monoisotopic (exact) mass is 418 g/mol. The fraction of sp³-hybridized carbons (Fsp3) is 0.364. The number of aromatic nitrogens is 4. The van der Waals surface area contributed by atoms with E-state index in [2.05, 4.69) is 20.2 Å². The fourth-order valence-electron chi connectivity index (χ4n) is 5.23. The first-order valence-electron chi connectivity index (χ1n) is 10.6. The Morgan fingerprint density at radius 2 is 1.97 bits per heavy atom. The number of aromatic carboxylic acids is 1. The van der Waals surface area contributed by atoms with E-state index >= 15 is 0 Å². The van der Waals surface area contributed by atoms with Gasteiger partial charge >= 0.3 is 5.97 Å². The second-order valence-electron chi connectivity index (χ2n) is 8.66. The molecule has 0 amide bonds. The highest BCUT2D eigenvalue weighted by Gasteiger charge is 2.39. The first-order chi connectivity index (χ1) is 15.1. The minimum atomic E-state index is -1.27. The van der Waals surface area contributed by atoms with Crippen molar-refractivity contribution in [2.75, 3.05) is 31.1 Å². The van der Waals surface area contributed by atoms with Crippen molar-refractivity contribution >= 4 is 39.6 Å². The highest BCUT2D eigenvalue weighted by molar-refractivity contribution is 6.02. The van der Waals surface area contributed by atoms with Gasteiger partial charge in [-0.3, -0.25) is 9.20 Å². The molecule has 0 aliphatic carbocycles. The molecule has 1 spiro atoms. The Labute approximate surface area is 176 Å². The molecule has 0 atom stereocenters. The number of carboxylic acid groups (broad SMARTS) is 1. The third kappa shape index (κ3) is 2.66. The van der Waals surface area contributed by atoms with Crippen LogP contribution in [0.15, 0.2) is 35.3 Å². The van der Waals surface area contributed by atoms with Gasteiger partial charge in [-0.2, -0.15) is 4.98 Å². The van der Waals surface area contributed by atoms with Crippen molar-refractivity contribution < 1.29 is 9.90 Å². The van der Waals surface area contributed by atoms with E-state index in [-0.39, 0.29) is 16.6 Å². The Morgan fingerprint density at radius 1 is 1.16 bits per heavy atom. The van der Waals surface area contributed by atoms with Gasteiger partial charge in [0.15, 0.2) is 5.65 Å². The quantitative estimate of drug-likeness (QED) is 0.456. The van der Waals surface area contributed by atoms with Crippen LogP contribution in [0.5, 0.6) is 0 Å². The van der Waals surface area contributed by atoms with Crippen molar-refractivity contribution in [3.05, 3.63) is 46.2 Å². The predicted molar refractivity (Wildman–Crippen MR) is 117 cm³/mol.